The Bertz CT molecular complexity index is 817. The fraction of sp³-hybridized carbons (Fsp3) is 0.650. The second-order valence-electron chi connectivity index (χ2n) is 7.78. The monoisotopic (exact) mass is 530 g/mol. The molecule has 1 spiro atoms. The fourth-order valence-corrected chi connectivity index (χ4v) is 4.93. The highest BCUT2D eigenvalue weighted by atomic mass is 127. The summed E-state index contributed by atoms with van der Waals surface area (Å²) < 4.78 is 7.98. The van der Waals surface area contributed by atoms with Crippen LogP contribution in [0.2, 0.25) is 0 Å². The van der Waals surface area contributed by atoms with Gasteiger partial charge >= 0.3 is 0 Å². The molecule has 2 fully saturated rings. The van der Waals surface area contributed by atoms with E-state index in [2.05, 4.69) is 45.3 Å². The number of nitrogens with zero attached hydrogens (tertiary/aromatic N) is 4. The first-order valence-electron chi connectivity index (χ1n) is 10.2. The SMILES string of the molecule is CCOC1CC(NC(=NCc2nnc(C)n2C)NCc2cccs2)C12CCC2.I. The number of aromatic nitrogens is 3. The van der Waals surface area contributed by atoms with Crippen LogP contribution in [-0.4, -0.2) is 39.5 Å². The Morgan fingerprint density at radius 2 is 2.24 bits per heavy atom. The predicted molar refractivity (Wildman–Crippen MR) is 127 cm³/mol. The summed E-state index contributed by atoms with van der Waals surface area (Å²) in [6.45, 7) is 6.12. The van der Waals surface area contributed by atoms with Crippen molar-refractivity contribution in [2.24, 2.45) is 17.5 Å². The number of guanidine groups is 1. The van der Waals surface area contributed by atoms with Crippen molar-refractivity contribution in [2.75, 3.05) is 6.61 Å². The van der Waals surface area contributed by atoms with Gasteiger partial charge in [0.25, 0.3) is 0 Å². The fourth-order valence-electron chi connectivity index (χ4n) is 4.28. The third-order valence-electron chi connectivity index (χ3n) is 6.32. The highest BCUT2D eigenvalue weighted by Crippen LogP contribution is 2.57. The van der Waals surface area contributed by atoms with Crippen LogP contribution >= 0.6 is 35.3 Å². The number of halogens is 1. The smallest absolute Gasteiger partial charge is 0.192 e. The summed E-state index contributed by atoms with van der Waals surface area (Å²) in [5, 5.41) is 17.7. The third kappa shape index (κ3) is 4.61. The van der Waals surface area contributed by atoms with Crippen LogP contribution in [0.1, 0.15) is 49.1 Å². The summed E-state index contributed by atoms with van der Waals surface area (Å²) in [6, 6.07) is 4.65. The number of thiophene rings is 1. The highest BCUT2D eigenvalue weighted by molar-refractivity contribution is 14.0. The molecule has 2 atom stereocenters. The number of aliphatic imine (C=N–C) groups is 1. The molecule has 160 valence electrons. The Hall–Kier alpha value is -1.20. The van der Waals surface area contributed by atoms with Crippen LogP contribution in [0.4, 0.5) is 0 Å². The first-order chi connectivity index (χ1) is 13.6. The maximum atomic E-state index is 5.99. The number of rotatable bonds is 7. The van der Waals surface area contributed by atoms with Gasteiger partial charge in [-0.3, -0.25) is 0 Å². The summed E-state index contributed by atoms with van der Waals surface area (Å²) >= 11 is 1.75. The molecule has 0 aromatic carbocycles. The van der Waals surface area contributed by atoms with Crippen molar-refractivity contribution in [3.8, 4) is 0 Å². The average molecular weight is 530 g/mol. The quantitative estimate of drug-likeness (QED) is 0.326. The van der Waals surface area contributed by atoms with Gasteiger partial charge in [0.1, 0.15) is 12.4 Å². The van der Waals surface area contributed by atoms with Crippen LogP contribution in [0.5, 0.6) is 0 Å². The molecule has 29 heavy (non-hydrogen) atoms. The molecule has 2 aromatic rings. The Balaban J connectivity index is 0.00000240. The molecule has 2 aliphatic carbocycles. The molecule has 2 aromatic heterocycles. The van der Waals surface area contributed by atoms with E-state index in [1.807, 2.05) is 18.5 Å². The molecule has 2 heterocycles. The second kappa shape index (κ2) is 9.74. The van der Waals surface area contributed by atoms with E-state index >= 15 is 0 Å². The number of ether oxygens (including phenoxy) is 1. The Kier molecular flexibility index (Phi) is 7.55. The standard InChI is InChI=1S/C20H30N6OS.HI/c1-4-27-17-11-16(20(17)8-6-9-20)23-19(21-12-15-7-5-10-28-15)22-13-18-25-24-14(2)26(18)3;/h5,7,10,16-17H,4,6,8-9,11-13H2,1-3H3,(H2,21,22,23);1H. The number of hydrogen-bond acceptors (Lipinski definition) is 5. The second-order valence-corrected chi connectivity index (χ2v) is 8.82. The normalized spacial score (nSPS) is 22.5. The van der Waals surface area contributed by atoms with Crippen LogP contribution in [0, 0.1) is 12.3 Å². The first kappa shape index (κ1) is 22.5. The minimum absolute atomic E-state index is 0. The number of nitrogens with one attached hydrogen (secondary N) is 2. The first-order valence-corrected chi connectivity index (χ1v) is 11.0. The lowest BCUT2D eigenvalue weighted by atomic mass is 9.51. The lowest BCUT2D eigenvalue weighted by molar-refractivity contribution is -0.168. The molecule has 2 aliphatic rings. The summed E-state index contributed by atoms with van der Waals surface area (Å²) in [7, 11) is 1.98. The van der Waals surface area contributed by atoms with Gasteiger partial charge in [-0.15, -0.1) is 45.5 Å². The van der Waals surface area contributed by atoms with Crippen molar-refractivity contribution in [1.29, 1.82) is 0 Å². The van der Waals surface area contributed by atoms with Crippen molar-refractivity contribution in [2.45, 2.75) is 64.8 Å². The van der Waals surface area contributed by atoms with Crippen LogP contribution in [0.3, 0.4) is 0 Å². The number of aryl methyl sites for hydroxylation is 1. The van der Waals surface area contributed by atoms with E-state index in [1.54, 1.807) is 11.3 Å². The zero-order valence-electron chi connectivity index (χ0n) is 17.4. The maximum Gasteiger partial charge on any atom is 0.192 e. The molecule has 0 radical (unpaired) electrons. The van der Waals surface area contributed by atoms with Gasteiger partial charge in [-0.2, -0.15) is 0 Å². The molecule has 0 saturated heterocycles. The van der Waals surface area contributed by atoms with E-state index in [4.69, 9.17) is 9.73 Å². The lowest BCUT2D eigenvalue weighted by Gasteiger charge is -2.61. The molecule has 2 N–H and O–H groups in total. The third-order valence-corrected chi connectivity index (χ3v) is 7.20. The van der Waals surface area contributed by atoms with E-state index in [-0.39, 0.29) is 24.0 Å². The van der Waals surface area contributed by atoms with E-state index in [0.29, 0.717) is 24.1 Å². The van der Waals surface area contributed by atoms with Crippen LogP contribution < -0.4 is 10.6 Å². The van der Waals surface area contributed by atoms with E-state index < -0.39 is 0 Å². The molecule has 0 amide bonds. The van der Waals surface area contributed by atoms with Crippen molar-refractivity contribution in [3.63, 3.8) is 0 Å². The molecule has 4 rings (SSSR count). The largest absolute Gasteiger partial charge is 0.378 e. The minimum atomic E-state index is 0. The Morgan fingerprint density at radius 3 is 2.83 bits per heavy atom. The molecule has 0 bridgehead atoms. The minimum Gasteiger partial charge on any atom is -0.378 e. The van der Waals surface area contributed by atoms with Gasteiger partial charge in [-0.05, 0) is 44.6 Å². The van der Waals surface area contributed by atoms with Crippen LogP contribution in [0.25, 0.3) is 0 Å². The van der Waals surface area contributed by atoms with E-state index in [0.717, 1.165) is 37.2 Å². The summed E-state index contributed by atoms with van der Waals surface area (Å²) in [5.41, 5.74) is 0.294. The topological polar surface area (TPSA) is 76.4 Å². The van der Waals surface area contributed by atoms with Gasteiger partial charge in [0, 0.05) is 30.0 Å². The lowest BCUT2D eigenvalue weighted by Crippen LogP contribution is -2.68. The van der Waals surface area contributed by atoms with E-state index in [1.165, 1.54) is 24.1 Å². The van der Waals surface area contributed by atoms with Crippen molar-refractivity contribution in [1.82, 2.24) is 25.4 Å². The number of hydrogen-bond donors (Lipinski definition) is 2. The summed E-state index contributed by atoms with van der Waals surface area (Å²) in [4.78, 5) is 6.11. The van der Waals surface area contributed by atoms with Gasteiger partial charge < -0.3 is 19.9 Å². The molecule has 2 unspecified atom stereocenters. The van der Waals surface area contributed by atoms with Crippen molar-refractivity contribution in [3.05, 3.63) is 34.0 Å². The van der Waals surface area contributed by atoms with Gasteiger partial charge in [0.05, 0.1) is 12.6 Å². The summed E-state index contributed by atoms with van der Waals surface area (Å²) in [6.07, 6.45) is 5.24. The van der Waals surface area contributed by atoms with E-state index in [9.17, 15) is 0 Å². The molecular formula is C20H31IN6OS. The van der Waals surface area contributed by atoms with Crippen LogP contribution in [0.15, 0.2) is 22.5 Å². The zero-order valence-corrected chi connectivity index (χ0v) is 20.5. The molecule has 2 saturated carbocycles. The van der Waals surface area contributed by atoms with Crippen molar-refractivity contribution >= 4 is 41.3 Å². The average Bonchev–Trinajstić information content (AvgIpc) is 3.26. The Morgan fingerprint density at radius 1 is 1.41 bits per heavy atom. The van der Waals surface area contributed by atoms with Crippen LogP contribution in [-0.2, 0) is 24.9 Å². The summed E-state index contributed by atoms with van der Waals surface area (Å²) in [5.74, 6) is 2.62. The van der Waals surface area contributed by atoms with Gasteiger partial charge in [0.2, 0.25) is 0 Å². The molecular weight excluding hydrogens is 499 g/mol. The van der Waals surface area contributed by atoms with Crippen molar-refractivity contribution < 1.29 is 4.74 Å². The Labute approximate surface area is 193 Å². The molecule has 7 nitrogen and oxygen atoms in total. The zero-order chi connectivity index (χ0) is 19.6. The van der Waals surface area contributed by atoms with Gasteiger partial charge in [-0.25, -0.2) is 4.99 Å². The molecule has 0 aliphatic heterocycles. The van der Waals surface area contributed by atoms with Gasteiger partial charge in [0.15, 0.2) is 11.8 Å². The highest BCUT2D eigenvalue weighted by Gasteiger charge is 2.59. The predicted octanol–water partition coefficient (Wildman–Crippen LogP) is 3.39. The molecule has 9 heteroatoms. The van der Waals surface area contributed by atoms with Gasteiger partial charge in [-0.1, -0.05) is 12.5 Å². The maximum absolute atomic E-state index is 5.99.